The van der Waals surface area contributed by atoms with Gasteiger partial charge in [0.15, 0.2) is 0 Å². The lowest BCUT2D eigenvalue weighted by Gasteiger charge is -2.31. The van der Waals surface area contributed by atoms with Gasteiger partial charge in [-0.05, 0) is 66.9 Å². The predicted molar refractivity (Wildman–Crippen MR) is 123 cm³/mol. The number of nitro groups is 1. The van der Waals surface area contributed by atoms with Crippen LogP contribution in [0.4, 0.5) is 17.1 Å². The first-order valence-electron chi connectivity index (χ1n) is 10.2. The average Bonchev–Trinajstić information content (AvgIpc) is 2.83. The van der Waals surface area contributed by atoms with Gasteiger partial charge in [-0.3, -0.25) is 19.2 Å². The second kappa shape index (κ2) is 8.91. The molecule has 3 aromatic carbocycles. The molecule has 0 saturated carbocycles. The van der Waals surface area contributed by atoms with Crippen molar-refractivity contribution < 1.29 is 22.9 Å². The molecule has 0 radical (unpaired) electrons. The zero-order chi connectivity index (χ0) is 23.6. The quantitative estimate of drug-likeness (QED) is 0.432. The fourth-order valence-corrected chi connectivity index (χ4v) is 5.33. The Bertz CT molecular complexity index is 1320. The van der Waals surface area contributed by atoms with Crippen LogP contribution >= 0.6 is 0 Å². The molecule has 0 aromatic heterocycles. The molecule has 10 heteroatoms. The first-order chi connectivity index (χ1) is 15.8. The molecule has 1 aliphatic heterocycles. The van der Waals surface area contributed by atoms with Gasteiger partial charge in [0.25, 0.3) is 21.6 Å². The molecule has 0 fully saturated rings. The Morgan fingerprint density at radius 2 is 1.82 bits per heavy atom. The summed E-state index contributed by atoms with van der Waals surface area (Å²) in [6.45, 7) is 0.337. The number of fused-ring (bicyclic) bond motifs is 1. The van der Waals surface area contributed by atoms with E-state index in [1.165, 1.54) is 41.7 Å². The zero-order valence-electron chi connectivity index (χ0n) is 17.7. The van der Waals surface area contributed by atoms with Crippen molar-refractivity contribution in [3.05, 3.63) is 88.0 Å². The second-order valence-electron chi connectivity index (χ2n) is 7.43. The van der Waals surface area contributed by atoms with Crippen molar-refractivity contribution in [1.29, 1.82) is 0 Å². The summed E-state index contributed by atoms with van der Waals surface area (Å²) in [6, 6.07) is 16.8. The van der Waals surface area contributed by atoms with E-state index in [4.69, 9.17) is 4.74 Å². The topological polar surface area (TPSA) is 119 Å². The molecule has 0 bridgehead atoms. The highest BCUT2D eigenvalue weighted by atomic mass is 32.2. The van der Waals surface area contributed by atoms with Crippen molar-refractivity contribution in [2.24, 2.45) is 0 Å². The molecule has 0 aliphatic carbocycles. The van der Waals surface area contributed by atoms with Crippen LogP contribution in [0.2, 0.25) is 0 Å². The molecule has 9 nitrogen and oxygen atoms in total. The summed E-state index contributed by atoms with van der Waals surface area (Å²) < 4.78 is 33.0. The van der Waals surface area contributed by atoms with Crippen LogP contribution in [0.3, 0.4) is 0 Å². The lowest BCUT2D eigenvalue weighted by Crippen LogP contribution is -2.35. The van der Waals surface area contributed by atoms with Gasteiger partial charge in [0.1, 0.15) is 11.3 Å². The minimum Gasteiger partial charge on any atom is -0.497 e. The highest BCUT2D eigenvalue weighted by Gasteiger charge is 2.29. The zero-order valence-corrected chi connectivity index (χ0v) is 18.5. The maximum atomic E-state index is 13.3. The van der Waals surface area contributed by atoms with Crippen molar-refractivity contribution in [1.82, 2.24) is 0 Å². The maximum Gasteiger partial charge on any atom is 0.282 e. The first kappa shape index (κ1) is 22.3. The van der Waals surface area contributed by atoms with E-state index in [0.717, 1.165) is 5.56 Å². The van der Waals surface area contributed by atoms with Gasteiger partial charge in [0.2, 0.25) is 0 Å². The molecule has 0 saturated heterocycles. The number of para-hydroxylation sites is 1. The molecule has 1 amide bonds. The number of benzene rings is 3. The van der Waals surface area contributed by atoms with E-state index >= 15 is 0 Å². The molecule has 0 atom stereocenters. The minimum atomic E-state index is -3.78. The molecule has 0 unspecified atom stereocenters. The number of methoxy groups -OCH3 is 1. The van der Waals surface area contributed by atoms with Crippen molar-refractivity contribution in [2.45, 2.75) is 17.7 Å². The molecule has 1 N–H and O–H groups in total. The van der Waals surface area contributed by atoms with Gasteiger partial charge in [0, 0.05) is 18.3 Å². The Labute approximate surface area is 190 Å². The SMILES string of the molecule is COc1ccc(S(=O)(=O)N2CCCc3cc(NC(=O)c4ccccc4[N+](=O)[O-])ccc32)cc1. The molecule has 33 heavy (non-hydrogen) atoms. The molecule has 3 aromatic rings. The van der Waals surface area contributed by atoms with Gasteiger partial charge < -0.3 is 10.1 Å². The Morgan fingerprint density at radius 1 is 1.09 bits per heavy atom. The highest BCUT2D eigenvalue weighted by Crippen LogP contribution is 2.34. The number of amides is 1. The van der Waals surface area contributed by atoms with E-state index < -0.39 is 20.9 Å². The van der Waals surface area contributed by atoms with Crippen molar-refractivity contribution in [3.63, 3.8) is 0 Å². The van der Waals surface area contributed by atoms with E-state index in [1.807, 2.05) is 0 Å². The normalized spacial score (nSPS) is 13.2. The maximum absolute atomic E-state index is 13.3. The van der Waals surface area contributed by atoms with E-state index in [9.17, 15) is 23.3 Å². The third-order valence-electron chi connectivity index (χ3n) is 5.41. The van der Waals surface area contributed by atoms with E-state index in [0.29, 0.717) is 36.5 Å². The summed E-state index contributed by atoms with van der Waals surface area (Å²) in [5.74, 6) is -0.0483. The number of rotatable bonds is 6. The standard InChI is InChI=1S/C23H21N3O6S/c1-32-18-9-11-19(12-10-18)33(30,31)25-14-4-5-16-15-17(8-13-21(16)25)24-23(27)20-6-2-3-7-22(20)26(28)29/h2-3,6-13,15H,4-5,14H2,1H3,(H,24,27). The van der Waals surface area contributed by atoms with E-state index in [-0.39, 0.29) is 16.1 Å². The summed E-state index contributed by atoms with van der Waals surface area (Å²) in [5, 5.41) is 13.9. The first-order valence-corrected chi connectivity index (χ1v) is 11.6. The van der Waals surface area contributed by atoms with Crippen LogP contribution in [-0.2, 0) is 16.4 Å². The number of hydrogen-bond donors (Lipinski definition) is 1. The Kier molecular flexibility index (Phi) is 6.01. The number of sulfonamides is 1. The smallest absolute Gasteiger partial charge is 0.282 e. The minimum absolute atomic E-state index is 0.0519. The van der Waals surface area contributed by atoms with Crippen molar-refractivity contribution >= 4 is 33.0 Å². The number of aryl methyl sites for hydroxylation is 1. The molecule has 0 spiro atoms. The van der Waals surface area contributed by atoms with Crippen LogP contribution in [0.15, 0.2) is 71.6 Å². The third-order valence-corrected chi connectivity index (χ3v) is 7.23. The fourth-order valence-electron chi connectivity index (χ4n) is 3.79. The van der Waals surface area contributed by atoms with Gasteiger partial charge in [-0.15, -0.1) is 0 Å². The number of hydrogen-bond acceptors (Lipinski definition) is 6. The number of carbonyl (C=O) groups excluding carboxylic acids is 1. The predicted octanol–water partition coefficient (Wildman–Crippen LogP) is 4.00. The van der Waals surface area contributed by atoms with Crippen LogP contribution in [-0.4, -0.2) is 32.9 Å². The Hall–Kier alpha value is -3.92. The molecule has 170 valence electrons. The average molecular weight is 468 g/mol. The molecular formula is C23H21N3O6S. The van der Waals surface area contributed by atoms with E-state index in [2.05, 4.69) is 5.32 Å². The summed E-state index contributed by atoms with van der Waals surface area (Å²) in [7, 11) is -2.27. The van der Waals surface area contributed by atoms with Crippen LogP contribution in [0.25, 0.3) is 0 Å². The number of nitrogens with zero attached hydrogens (tertiary/aromatic N) is 2. The van der Waals surface area contributed by atoms with Gasteiger partial charge in [-0.2, -0.15) is 0 Å². The molecule has 4 rings (SSSR count). The molecule has 1 heterocycles. The number of nitro benzene ring substituents is 1. The largest absolute Gasteiger partial charge is 0.497 e. The van der Waals surface area contributed by atoms with Crippen molar-refractivity contribution in [2.75, 3.05) is 23.3 Å². The fraction of sp³-hybridized carbons (Fsp3) is 0.174. The monoisotopic (exact) mass is 467 g/mol. The summed E-state index contributed by atoms with van der Waals surface area (Å²) in [6.07, 6.45) is 1.25. The van der Waals surface area contributed by atoms with E-state index in [1.54, 1.807) is 36.4 Å². The highest BCUT2D eigenvalue weighted by molar-refractivity contribution is 7.92. The molecular weight excluding hydrogens is 446 g/mol. The van der Waals surface area contributed by atoms with Crippen LogP contribution in [0.1, 0.15) is 22.3 Å². The van der Waals surface area contributed by atoms with Gasteiger partial charge in [-0.25, -0.2) is 8.42 Å². The van der Waals surface area contributed by atoms with Gasteiger partial charge in [-0.1, -0.05) is 12.1 Å². The van der Waals surface area contributed by atoms with Crippen molar-refractivity contribution in [3.8, 4) is 5.75 Å². The number of anilines is 2. The Balaban J connectivity index is 1.61. The van der Waals surface area contributed by atoms with Gasteiger partial charge in [0.05, 0.1) is 22.6 Å². The summed E-state index contributed by atoms with van der Waals surface area (Å²) >= 11 is 0. The van der Waals surface area contributed by atoms with Gasteiger partial charge >= 0.3 is 0 Å². The lowest BCUT2D eigenvalue weighted by molar-refractivity contribution is -0.385. The summed E-state index contributed by atoms with van der Waals surface area (Å²) in [4.78, 5) is 23.4. The van der Waals surface area contributed by atoms with Crippen LogP contribution in [0.5, 0.6) is 5.75 Å². The molecule has 1 aliphatic rings. The number of nitrogens with one attached hydrogen (secondary N) is 1. The Morgan fingerprint density at radius 3 is 2.52 bits per heavy atom. The summed E-state index contributed by atoms with van der Waals surface area (Å²) in [5.41, 5.74) is 1.40. The number of carbonyl (C=O) groups is 1. The lowest BCUT2D eigenvalue weighted by atomic mass is 10.0. The van der Waals surface area contributed by atoms with Crippen LogP contribution in [0, 0.1) is 10.1 Å². The second-order valence-corrected chi connectivity index (χ2v) is 9.29. The number of ether oxygens (including phenoxy) is 1. The third kappa shape index (κ3) is 4.37. The van der Waals surface area contributed by atoms with Crippen LogP contribution < -0.4 is 14.4 Å².